The molecule has 0 unspecified atom stereocenters. The molecule has 2 aromatic carbocycles. The minimum atomic E-state index is -0.284. The number of hydrogen-bond donors (Lipinski definition) is 1. The molecule has 1 aliphatic rings. The summed E-state index contributed by atoms with van der Waals surface area (Å²) in [5.41, 5.74) is 7.68. The number of tetrazole rings is 1. The van der Waals surface area contributed by atoms with Crippen molar-refractivity contribution in [1.29, 1.82) is 0 Å². The van der Waals surface area contributed by atoms with Gasteiger partial charge in [-0.2, -0.15) is 4.80 Å². The van der Waals surface area contributed by atoms with E-state index in [1.54, 1.807) is 36.4 Å². The van der Waals surface area contributed by atoms with Gasteiger partial charge in [-0.05, 0) is 53.6 Å². The Bertz CT molecular complexity index is 962. The van der Waals surface area contributed by atoms with Crippen molar-refractivity contribution in [3.05, 3.63) is 71.8 Å². The maximum Gasteiger partial charge on any atom is 0.253 e. The first-order valence-electron chi connectivity index (χ1n) is 9.82. The largest absolute Gasteiger partial charge is 0.492 e. The molecule has 0 spiro atoms. The zero-order chi connectivity index (χ0) is 20.9. The third-order valence-electron chi connectivity index (χ3n) is 5.17. The highest BCUT2D eigenvalue weighted by atomic mass is 19.1. The molecule has 1 fully saturated rings. The number of nitrogens with zero attached hydrogens (tertiary/aromatic N) is 5. The number of halogens is 1. The van der Waals surface area contributed by atoms with Gasteiger partial charge in [-0.15, -0.1) is 10.2 Å². The van der Waals surface area contributed by atoms with Crippen LogP contribution < -0.4 is 10.5 Å². The van der Waals surface area contributed by atoms with Crippen LogP contribution in [0, 0.1) is 5.82 Å². The van der Waals surface area contributed by atoms with Gasteiger partial charge in [0.05, 0.1) is 12.6 Å². The highest BCUT2D eigenvalue weighted by molar-refractivity contribution is 5.94. The second kappa shape index (κ2) is 9.00. The Labute approximate surface area is 173 Å². The van der Waals surface area contributed by atoms with Crippen LogP contribution in [0.2, 0.25) is 0 Å². The fourth-order valence-electron chi connectivity index (χ4n) is 3.57. The van der Waals surface area contributed by atoms with Crippen molar-refractivity contribution in [1.82, 2.24) is 25.1 Å². The van der Waals surface area contributed by atoms with Crippen molar-refractivity contribution < 1.29 is 13.9 Å². The Kier molecular flexibility index (Phi) is 5.99. The van der Waals surface area contributed by atoms with Crippen molar-refractivity contribution in [2.75, 3.05) is 19.7 Å². The average molecular weight is 410 g/mol. The molecule has 4 rings (SSSR count). The Balaban J connectivity index is 1.29. The summed E-state index contributed by atoms with van der Waals surface area (Å²) in [4.78, 5) is 16.1. The minimum Gasteiger partial charge on any atom is -0.492 e. The van der Waals surface area contributed by atoms with Gasteiger partial charge < -0.3 is 15.4 Å². The Morgan fingerprint density at radius 3 is 2.67 bits per heavy atom. The lowest BCUT2D eigenvalue weighted by Crippen LogP contribution is -2.33. The quantitative estimate of drug-likeness (QED) is 0.638. The molecule has 1 aromatic heterocycles. The molecule has 1 saturated heterocycles. The van der Waals surface area contributed by atoms with Crippen LogP contribution in [0.3, 0.4) is 0 Å². The van der Waals surface area contributed by atoms with E-state index < -0.39 is 0 Å². The van der Waals surface area contributed by atoms with Gasteiger partial charge in [-0.1, -0.05) is 12.1 Å². The number of rotatable bonds is 7. The molecule has 0 radical (unpaired) electrons. The predicted molar refractivity (Wildman–Crippen MR) is 107 cm³/mol. The van der Waals surface area contributed by atoms with E-state index in [-0.39, 0.29) is 23.7 Å². The molecule has 8 nitrogen and oxygen atoms in total. The fraction of sp³-hybridized carbons (Fsp3) is 0.333. The number of aromatic nitrogens is 4. The molecule has 9 heteroatoms. The monoisotopic (exact) mass is 410 g/mol. The third-order valence-corrected chi connectivity index (χ3v) is 5.17. The van der Waals surface area contributed by atoms with Crippen LogP contribution >= 0.6 is 0 Å². The van der Waals surface area contributed by atoms with Gasteiger partial charge >= 0.3 is 0 Å². The molecule has 1 aliphatic heterocycles. The van der Waals surface area contributed by atoms with Gasteiger partial charge in [0, 0.05) is 24.6 Å². The zero-order valence-electron chi connectivity index (χ0n) is 16.4. The SMILES string of the molecule is N[C@@H](COc1ccc(C(=O)N2CC[C@H](c3ccc(F)cc3)C2)cc1)Cn1ncnn1. The summed E-state index contributed by atoms with van der Waals surface area (Å²) >= 11 is 0. The maximum atomic E-state index is 13.1. The van der Waals surface area contributed by atoms with Crippen molar-refractivity contribution in [3.8, 4) is 5.75 Å². The summed E-state index contributed by atoms with van der Waals surface area (Å²) in [5, 5.41) is 11.3. The molecule has 1 amide bonds. The van der Waals surface area contributed by atoms with E-state index in [1.165, 1.54) is 23.3 Å². The van der Waals surface area contributed by atoms with Gasteiger partial charge in [0.2, 0.25) is 0 Å². The van der Waals surface area contributed by atoms with E-state index in [9.17, 15) is 9.18 Å². The number of hydrogen-bond acceptors (Lipinski definition) is 6. The maximum absolute atomic E-state index is 13.1. The predicted octanol–water partition coefficient (Wildman–Crippen LogP) is 1.85. The smallest absolute Gasteiger partial charge is 0.253 e. The van der Waals surface area contributed by atoms with E-state index in [0.717, 1.165) is 12.0 Å². The van der Waals surface area contributed by atoms with Crippen LogP contribution in [0.4, 0.5) is 4.39 Å². The van der Waals surface area contributed by atoms with Gasteiger partial charge in [0.25, 0.3) is 5.91 Å². The van der Waals surface area contributed by atoms with Crippen molar-refractivity contribution >= 4 is 5.91 Å². The van der Waals surface area contributed by atoms with Gasteiger partial charge in [-0.3, -0.25) is 4.79 Å². The molecule has 0 bridgehead atoms. The number of benzene rings is 2. The van der Waals surface area contributed by atoms with E-state index in [2.05, 4.69) is 15.4 Å². The van der Waals surface area contributed by atoms with Crippen LogP contribution in [0.25, 0.3) is 0 Å². The number of amides is 1. The standard InChI is InChI=1S/C21H23FN6O2/c22-18-5-1-15(2-6-18)17-9-10-27(11-17)21(29)16-3-7-20(8-4-16)30-13-19(23)12-28-25-14-24-26-28/h1-8,14,17,19H,9-13,23H2/t17-,19+/m0/s1. The molecular formula is C21H23FN6O2. The highest BCUT2D eigenvalue weighted by Crippen LogP contribution is 2.28. The van der Waals surface area contributed by atoms with E-state index in [4.69, 9.17) is 10.5 Å². The molecule has 0 aliphatic carbocycles. The fourth-order valence-corrected chi connectivity index (χ4v) is 3.57. The van der Waals surface area contributed by atoms with Crippen LogP contribution in [-0.2, 0) is 6.54 Å². The van der Waals surface area contributed by atoms with E-state index in [1.807, 2.05) is 4.90 Å². The summed E-state index contributed by atoms with van der Waals surface area (Å²) < 4.78 is 18.8. The first-order chi connectivity index (χ1) is 14.6. The summed E-state index contributed by atoms with van der Waals surface area (Å²) in [6.45, 7) is 2.01. The molecule has 2 N–H and O–H groups in total. The Morgan fingerprint density at radius 2 is 1.97 bits per heavy atom. The lowest BCUT2D eigenvalue weighted by atomic mass is 9.99. The molecular weight excluding hydrogens is 387 g/mol. The average Bonchev–Trinajstić information content (AvgIpc) is 3.45. The van der Waals surface area contributed by atoms with Crippen LogP contribution in [0.15, 0.2) is 54.9 Å². The number of carbonyl (C=O) groups is 1. The summed E-state index contributed by atoms with van der Waals surface area (Å²) in [6, 6.07) is 13.3. The van der Waals surface area contributed by atoms with Gasteiger partial charge in [0.1, 0.15) is 18.2 Å². The summed E-state index contributed by atoms with van der Waals surface area (Å²) in [7, 11) is 0. The molecule has 30 heavy (non-hydrogen) atoms. The lowest BCUT2D eigenvalue weighted by molar-refractivity contribution is 0.0790. The summed E-state index contributed by atoms with van der Waals surface area (Å²) in [5.74, 6) is 0.611. The van der Waals surface area contributed by atoms with Crippen molar-refractivity contribution in [3.63, 3.8) is 0 Å². The van der Waals surface area contributed by atoms with E-state index in [0.29, 0.717) is 37.6 Å². The first kappa shape index (κ1) is 20.0. The third kappa shape index (κ3) is 4.80. The van der Waals surface area contributed by atoms with Gasteiger partial charge in [0.15, 0.2) is 6.33 Å². The highest BCUT2D eigenvalue weighted by Gasteiger charge is 2.28. The molecule has 3 aromatic rings. The lowest BCUT2D eigenvalue weighted by Gasteiger charge is -2.17. The number of carbonyl (C=O) groups excluding carboxylic acids is 1. The molecule has 2 heterocycles. The van der Waals surface area contributed by atoms with Crippen molar-refractivity contribution in [2.45, 2.75) is 24.9 Å². The second-order valence-corrected chi connectivity index (χ2v) is 7.37. The summed E-state index contributed by atoms with van der Waals surface area (Å²) in [6.07, 6.45) is 2.22. The van der Waals surface area contributed by atoms with Gasteiger partial charge in [-0.25, -0.2) is 4.39 Å². The number of nitrogens with two attached hydrogens (primary N) is 1. The molecule has 156 valence electrons. The van der Waals surface area contributed by atoms with Crippen LogP contribution in [-0.4, -0.2) is 56.8 Å². The normalized spacial score (nSPS) is 17.1. The van der Waals surface area contributed by atoms with E-state index >= 15 is 0 Å². The second-order valence-electron chi connectivity index (χ2n) is 7.37. The minimum absolute atomic E-state index is 0.0138. The topological polar surface area (TPSA) is 99.2 Å². The Morgan fingerprint density at radius 1 is 1.20 bits per heavy atom. The molecule has 2 atom stereocenters. The number of ether oxygens (including phenoxy) is 1. The molecule has 0 saturated carbocycles. The number of likely N-dealkylation sites (tertiary alicyclic amines) is 1. The Hall–Kier alpha value is -3.33. The zero-order valence-corrected chi connectivity index (χ0v) is 16.4. The van der Waals surface area contributed by atoms with Crippen LogP contribution in [0.1, 0.15) is 28.3 Å². The van der Waals surface area contributed by atoms with Crippen LogP contribution in [0.5, 0.6) is 5.75 Å². The first-order valence-corrected chi connectivity index (χ1v) is 9.82. The van der Waals surface area contributed by atoms with Crippen molar-refractivity contribution in [2.24, 2.45) is 5.73 Å².